The van der Waals surface area contributed by atoms with Crippen LogP contribution in [-0.2, 0) is 30.3 Å². The number of likely N-dealkylation sites (tertiary alicyclic amines) is 1. The summed E-state index contributed by atoms with van der Waals surface area (Å²) in [7, 11) is 0. The maximum Gasteiger partial charge on any atom is 0.326 e. The van der Waals surface area contributed by atoms with Crippen LogP contribution in [0.5, 0.6) is 0 Å². The van der Waals surface area contributed by atoms with Crippen LogP contribution in [0.3, 0.4) is 0 Å². The molecule has 9 nitrogen and oxygen atoms in total. The van der Waals surface area contributed by atoms with Gasteiger partial charge in [0.05, 0.1) is 12.6 Å². The highest BCUT2D eigenvalue weighted by Gasteiger charge is 2.37. The zero-order valence-electron chi connectivity index (χ0n) is 18.0. The predicted octanol–water partition coefficient (Wildman–Crippen LogP) is 0.721. The number of nitrogens with one attached hydrogen (secondary N) is 2. The molecule has 0 bridgehead atoms. The summed E-state index contributed by atoms with van der Waals surface area (Å²) in [6.45, 7) is 3.62. The van der Waals surface area contributed by atoms with Crippen molar-refractivity contribution in [2.24, 2.45) is 0 Å². The van der Waals surface area contributed by atoms with E-state index >= 15 is 0 Å². The summed E-state index contributed by atoms with van der Waals surface area (Å²) in [5, 5.41) is 14.9. The van der Waals surface area contributed by atoms with Crippen LogP contribution in [0.1, 0.15) is 38.7 Å². The topological polar surface area (TPSA) is 125 Å². The number of carboxylic acids is 1. The first-order valence-electron chi connectivity index (χ1n) is 10.5. The van der Waals surface area contributed by atoms with E-state index in [4.69, 9.17) is 4.74 Å². The van der Waals surface area contributed by atoms with Crippen molar-refractivity contribution < 1.29 is 29.0 Å². The average molecular weight is 434 g/mol. The standard InChI is InChI=1S/C22H31N3O6/c1-15(20(27)25-13-6-9-19(25)21(28)29)24-18(11-10-17-7-4-3-5-8-17)22(30)31-14-12-23-16(2)26/h3-5,7-8,15,18-19,24H,6,9-14H2,1-2H3,(H,23,26)(H,28,29)/t15-,18?,19-/m0/s1. The number of benzene rings is 1. The van der Waals surface area contributed by atoms with Crippen LogP contribution in [0.2, 0.25) is 0 Å². The van der Waals surface area contributed by atoms with Crippen LogP contribution in [-0.4, -0.2) is 71.6 Å². The van der Waals surface area contributed by atoms with Gasteiger partial charge in [0.1, 0.15) is 18.7 Å². The second-order valence-electron chi connectivity index (χ2n) is 7.64. The molecule has 1 saturated heterocycles. The normalized spacial score (nSPS) is 17.6. The molecule has 1 aromatic rings. The molecule has 0 radical (unpaired) electrons. The van der Waals surface area contributed by atoms with Gasteiger partial charge in [-0.2, -0.15) is 0 Å². The fourth-order valence-electron chi connectivity index (χ4n) is 3.61. The summed E-state index contributed by atoms with van der Waals surface area (Å²) in [5.41, 5.74) is 1.05. The lowest BCUT2D eigenvalue weighted by Gasteiger charge is -2.28. The highest BCUT2D eigenvalue weighted by molar-refractivity contribution is 5.88. The van der Waals surface area contributed by atoms with Gasteiger partial charge in [-0.1, -0.05) is 30.3 Å². The molecule has 0 spiro atoms. The molecule has 3 N–H and O–H groups in total. The van der Waals surface area contributed by atoms with E-state index in [0.717, 1.165) is 5.56 Å². The first kappa shape index (κ1) is 24.3. The number of nitrogens with zero attached hydrogens (tertiary/aromatic N) is 1. The molecule has 0 aliphatic carbocycles. The molecule has 1 fully saturated rings. The van der Waals surface area contributed by atoms with Crippen LogP contribution < -0.4 is 10.6 Å². The van der Waals surface area contributed by atoms with E-state index in [0.29, 0.717) is 32.2 Å². The minimum atomic E-state index is -1.02. The van der Waals surface area contributed by atoms with Crippen molar-refractivity contribution in [3.8, 4) is 0 Å². The van der Waals surface area contributed by atoms with E-state index in [2.05, 4.69) is 10.6 Å². The van der Waals surface area contributed by atoms with E-state index in [1.807, 2.05) is 30.3 Å². The third-order valence-corrected chi connectivity index (χ3v) is 5.21. The number of aryl methyl sites for hydroxylation is 1. The largest absolute Gasteiger partial charge is 0.480 e. The van der Waals surface area contributed by atoms with Crippen LogP contribution in [0.25, 0.3) is 0 Å². The molecule has 1 heterocycles. The Labute approximate surface area is 182 Å². The third-order valence-electron chi connectivity index (χ3n) is 5.21. The van der Waals surface area contributed by atoms with Gasteiger partial charge in [-0.3, -0.25) is 19.7 Å². The van der Waals surface area contributed by atoms with Gasteiger partial charge in [0, 0.05) is 13.5 Å². The molecule has 0 saturated carbocycles. The Morgan fingerprint density at radius 1 is 1.23 bits per heavy atom. The first-order valence-corrected chi connectivity index (χ1v) is 10.5. The summed E-state index contributed by atoms with van der Waals surface area (Å²) in [4.78, 5) is 49.2. The van der Waals surface area contributed by atoms with Gasteiger partial charge in [-0.15, -0.1) is 0 Å². The van der Waals surface area contributed by atoms with Crippen LogP contribution in [0.15, 0.2) is 30.3 Å². The summed E-state index contributed by atoms with van der Waals surface area (Å²) in [6, 6.07) is 7.32. The Balaban J connectivity index is 2.00. The van der Waals surface area contributed by atoms with Crippen LogP contribution in [0, 0.1) is 0 Å². The monoisotopic (exact) mass is 433 g/mol. The molecule has 170 valence electrons. The summed E-state index contributed by atoms with van der Waals surface area (Å²) in [5.74, 6) is -2.10. The van der Waals surface area contributed by atoms with Crippen molar-refractivity contribution in [3.63, 3.8) is 0 Å². The SMILES string of the molecule is CC(=O)NCCOC(=O)C(CCc1ccccc1)N[C@@H](C)C(=O)N1CCC[C@H]1C(=O)O. The number of carbonyl (C=O) groups is 4. The smallest absolute Gasteiger partial charge is 0.326 e. The molecule has 0 aromatic heterocycles. The molecule has 31 heavy (non-hydrogen) atoms. The van der Waals surface area contributed by atoms with Crippen molar-refractivity contribution in [1.29, 1.82) is 0 Å². The van der Waals surface area contributed by atoms with Gasteiger partial charge in [-0.05, 0) is 38.2 Å². The first-order chi connectivity index (χ1) is 14.8. The zero-order valence-corrected chi connectivity index (χ0v) is 18.0. The minimum Gasteiger partial charge on any atom is -0.480 e. The Morgan fingerprint density at radius 3 is 2.58 bits per heavy atom. The fraction of sp³-hybridized carbons (Fsp3) is 0.545. The highest BCUT2D eigenvalue weighted by Crippen LogP contribution is 2.19. The van der Waals surface area contributed by atoms with Gasteiger partial charge in [0.25, 0.3) is 0 Å². The number of hydrogen-bond donors (Lipinski definition) is 3. The third kappa shape index (κ3) is 7.67. The molecule has 9 heteroatoms. The van der Waals surface area contributed by atoms with Crippen molar-refractivity contribution in [3.05, 3.63) is 35.9 Å². The second kappa shape index (κ2) is 12.0. The molecular weight excluding hydrogens is 402 g/mol. The molecule has 1 unspecified atom stereocenters. The van der Waals surface area contributed by atoms with Crippen LogP contribution >= 0.6 is 0 Å². The zero-order chi connectivity index (χ0) is 22.8. The number of ether oxygens (including phenoxy) is 1. The van der Waals surface area contributed by atoms with Gasteiger partial charge in [0.15, 0.2) is 0 Å². The lowest BCUT2D eigenvalue weighted by Crippen LogP contribution is -2.53. The number of aliphatic carboxylic acids is 1. The lowest BCUT2D eigenvalue weighted by atomic mass is 10.0. The number of amides is 2. The Bertz CT molecular complexity index is 770. The van der Waals surface area contributed by atoms with E-state index < -0.39 is 30.1 Å². The maximum absolute atomic E-state index is 12.8. The Hall–Kier alpha value is -2.94. The van der Waals surface area contributed by atoms with E-state index in [9.17, 15) is 24.3 Å². The van der Waals surface area contributed by atoms with Gasteiger partial charge in [-0.25, -0.2) is 4.79 Å². The molecule has 3 atom stereocenters. The highest BCUT2D eigenvalue weighted by atomic mass is 16.5. The molecule has 2 rings (SSSR count). The van der Waals surface area contributed by atoms with Gasteiger partial charge in [0.2, 0.25) is 11.8 Å². The lowest BCUT2D eigenvalue weighted by molar-refractivity contribution is -0.150. The van der Waals surface area contributed by atoms with Crippen molar-refractivity contribution in [2.75, 3.05) is 19.7 Å². The summed E-state index contributed by atoms with van der Waals surface area (Å²) >= 11 is 0. The number of carbonyl (C=O) groups excluding carboxylic acids is 3. The fourth-order valence-corrected chi connectivity index (χ4v) is 3.61. The number of hydrogen-bond acceptors (Lipinski definition) is 6. The van der Waals surface area contributed by atoms with Crippen molar-refractivity contribution >= 4 is 23.8 Å². The molecular formula is C22H31N3O6. The molecule has 1 aliphatic rings. The number of carboxylic acid groups (broad SMARTS) is 1. The molecule has 2 amide bonds. The van der Waals surface area contributed by atoms with Crippen LogP contribution in [0.4, 0.5) is 0 Å². The Kier molecular flexibility index (Phi) is 9.45. The summed E-state index contributed by atoms with van der Waals surface area (Å²) in [6.07, 6.45) is 2.07. The number of esters is 1. The van der Waals surface area contributed by atoms with Crippen molar-refractivity contribution in [1.82, 2.24) is 15.5 Å². The van der Waals surface area contributed by atoms with Gasteiger partial charge < -0.3 is 20.1 Å². The predicted molar refractivity (Wildman–Crippen MR) is 113 cm³/mol. The van der Waals surface area contributed by atoms with E-state index in [-0.39, 0.29) is 25.0 Å². The van der Waals surface area contributed by atoms with E-state index in [1.54, 1.807) is 6.92 Å². The molecule has 1 aliphatic heterocycles. The molecule has 1 aromatic carbocycles. The number of rotatable bonds is 11. The quantitative estimate of drug-likeness (QED) is 0.347. The van der Waals surface area contributed by atoms with Gasteiger partial charge >= 0.3 is 11.9 Å². The van der Waals surface area contributed by atoms with E-state index in [1.165, 1.54) is 11.8 Å². The minimum absolute atomic E-state index is 0.0253. The second-order valence-corrected chi connectivity index (χ2v) is 7.64. The summed E-state index contributed by atoms with van der Waals surface area (Å²) < 4.78 is 5.27. The van der Waals surface area contributed by atoms with Crippen molar-refractivity contribution in [2.45, 2.75) is 57.7 Å². The Morgan fingerprint density at radius 2 is 1.94 bits per heavy atom. The maximum atomic E-state index is 12.8. The average Bonchev–Trinajstić information content (AvgIpc) is 3.24.